The van der Waals surface area contributed by atoms with Crippen molar-refractivity contribution in [3.05, 3.63) is 87.3 Å². The molecule has 0 atom stereocenters. The number of hydrogen-bond acceptors (Lipinski definition) is 8. The van der Waals surface area contributed by atoms with Crippen LogP contribution in [-0.4, -0.2) is 69.2 Å². The lowest BCUT2D eigenvalue weighted by Crippen LogP contribution is -2.40. The number of nitrogens with zero attached hydrogens (tertiary/aromatic N) is 6. The molecule has 0 unspecified atom stereocenters. The fraction of sp³-hybridized carbons (Fsp3) is 0.406. The summed E-state index contributed by atoms with van der Waals surface area (Å²) in [7, 11) is 5.73. The number of anilines is 2. The Balaban J connectivity index is 1.64. The van der Waals surface area contributed by atoms with E-state index >= 15 is 0 Å². The number of halogens is 1. The number of benzene rings is 1. The smallest absolute Gasteiger partial charge is 0.290 e. The SMILES string of the molecule is CCC(C)=C(C=C1CN(C)CCN1C)Nc1cc(-c2ccc(F)c(NC(=O)c3cnc(C(C)(C)C)cn3)c2)nn(C)c1=O. The van der Waals surface area contributed by atoms with Crippen LogP contribution < -0.4 is 16.2 Å². The Labute approximate surface area is 252 Å². The second-order valence-corrected chi connectivity index (χ2v) is 12.0. The van der Waals surface area contributed by atoms with Crippen LogP contribution in [0.2, 0.25) is 0 Å². The van der Waals surface area contributed by atoms with Gasteiger partial charge in [0.2, 0.25) is 0 Å². The van der Waals surface area contributed by atoms with Crippen molar-refractivity contribution in [1.29, 1.82) is 0 Å². The van der Waals surface area contributed by atoms with Crippen molar-refractivity contribution in [2.75, 3.05) is 44.4 Å². The molecule has 10 nitrogen and oxygen atoms in total. The molecule has 1 aromatic carbocycles. The minimum Gasteiger partial charge on any atom is -0.375 e. The fourth-order valence-electron chi connectivity index (χ4n) is 4.50. The first-order chi connectivity index (χ1) is 20.3. The minimum absolute atomic E-state index is 0.0361. The summed E-state index contributed by atoms with van der Waals surface area (Å²) in [5, 5.41) is 10.4. The predicted molar refractivity (Wildman–Crippen MR) is 168 cm³/mol. The van der Waals surface area contributed by atoms with Gasteiger partial charge in [0, 0.05) is 62.3 Å². The Morgan fingerprint density at radius 3 is 2.44 bits per heavy atom. The Bertz CT molecular complexity index is 1620. The second-order valence-electron chi connectivity index (χ2n) is 12.0. The number of carbonyl (C=O) groups excluding carboxylic acids is 1. The summed E-state index contributed by atoms with van der Waals surface area (Å²) in [6.07, 6.45) is 5.82. The molecule has 0 aliphatic carbocycles. The van der Waals surface area contributed by atoms with Crippen LogP contribution >= 0.6 is 0 Å². The highest BCUT2D eigenvalue weighted by Gasteiger charge is 2.19. The third-order valence-corrected chi connectivity index (χ3v) is 7.54. The Morgan fingerprint density at radius 2 is 1.79 bits per heavy atom. The zero-order chi connectivity index (χ0) is 31.5. The Morgan fingerprint density at radius 1 is 1.05 bits per heavy atom. The van der Waals surface area contributed by atoms with Crippen molar-refractivity contribution in [3.63, 3.8) is 0 Å². The first kappa shape index (κ1) is 31.6. The van der Waals surface area contributed by atoms with Gasteiger partial charge in [-0.3, -0.25) is 19.5 Å². The standard InChI is InChI=1S/C32H41FN8O2/c1-9-20(2)24(15-22-19-39(6)12-13-40(22)7)36-27-16-25(38-41(8)31(27)43)21-10-11-23(33)26(14-21)37-30(42)28-17-35-29(18-34-28)32(3,4)5/h10-11,14-18,36H,9,12-13,19H2,1-8H3,(H,37,42). The average Bonchev–Trinajstić information content (AvgIpc) is 2.97. The number of piperazine rings is 1. The number of aryl methyl sites for hydroxylation is 1. The maximum atomic E-state index is 14.8. The Kier molecular flexibility index (Phi) is 9.44. The van der Waals surface area contributed by atoms with Crippen LogP contribution in [0.3, 0.4) is 0 Å². The second kappa shape index (κ2) is 12.9. The number of likely N-dealkylation sites (N-methyl/N-ethyl adjacent to an activating group) is 2. The third-order valence-electron chi connectivity index (χ3n) is 7.54. The van der Waals surface area contributed by atoms with Crippen molar-refractivity contribution in [2.24, 2.45) is 7.05 Å². The normalized spacial score (nSPS) is 15.8. The molecule has 2 N–H and O–H groups in total. The van der Waals surface area contributed by atoms with Gasteiger partial charge in [-0.05, 0) is 50.7 Å². The molecule has 1 aliphatic rings. The number of allylic oxidation sites excluding steroid dienone is 2. The topological polar surface area (TPSA) is 108 Å². The lowest BCUT2D eigenvalue weighted by atomic mass is 9.93. The summed E-state index contributed by atoms with van der Waals surface area (Å²) in [5.41, 5.74) is 4.64. The van der Waals surface area contributed by atoms with Gasteiger partial charge in [-0.25, -0.2) is 14.1 Å². The zero-order valence-electron chi connectivity index (χ0n) is 26.2. The highest BCUT2D eigenvalue weighted by Crippen LogP contribution is 2.26. The van der Waals surface area contributed by atoms with Gasteiger partial charge in [0.1, 0.15) is 17.2 Å². The number of carbonyl (C=O) groups is 1. The molecule has 3 aromatic rings. The molecule has 2 aromatic heterocycles. The van der Waals surface area contributed by atoms with Crippen LogP contribution in [0.15, 0.2) is 64.5 Å². The monoisotopic (exact) mass is 588 g/mol. The molecule has 0 saturated carbocycles. The number of nitrogens with one attached hydrogen (secondary N) is 2. The van der Waals surface area contributed by atoms with E-state index in [9.17, 15) is 14.0 Å². The van der Waals surface area contributed by atoms with Gasteiger partial charge in [0.25, 0.3) is 11.5 Å². The molecule has 0 bridgehead atoms. The summed E-state index contributed by atoms with van der Waals surface area (Å²) in [5.74, 6) is -1.20. The quantitative estimate of drug-likeness (QED) is 0.406. The highest BCUT2D eigenvalue weighted by atomic mass is 19.1. The van der Waals surface area contributed by atoms with Crippen molar-refractivity contribution in [1.82, 2.24) is 29.5 Å². The first-order valence-corrected chi connectivity index (χ1v) is 14.4. The number of hydrogen-bond donors (Lipinski definition) is 2. The van der Waals surface area contributed by atoms with Gasteiger partial charge in [-0.15, -0.1) is 0 Å². The average molecular weight is 589 g/mol. The van der Waals surface area contributed by atoms with E-state index in [1.54, 1.807) is 25.4 Å². The van der Waals surface area contributed by atoms with Crippen molar-refractivity contribution < 1.29 is 9.18 Å². The molecule has 0 spiro atoms. The number of aromatic nitrogens is 4. The zero-order valence-corrected chi connectivity index (χ0v) is 26.2. The molecule has 1 aliphatic heterocycles. The van der Waals surface area contributed by atoms with E-state index in [2.05, 4.69) is 62.6 Å². The maximum absolute atomic E-state index is 14.8. The molecular weight excluding hydrogens is 547 g/mol. The minimum atomic E-state index is -0.614. The molecule has 1 saturated heterocycles. The van der Waals surface area contributed by atoms with Gasteiger partial charge in [0.05, 0.1) is 23.3 Å². The fourth-order valence-corrected chi connectivity index (χ4v) is 4.50. The summed E-state index contributed by atoms with van der Waals surface area (Å²) in [6, 6.07) is 5.95. The van der Waals surface area contributed by atoms with Gasteiger partial charge < -0.3 is 15.5 Å². The highest BCUT2D eigenvalue weighted by molar-refractivity contribution is 6.03. The molecule has 1 amide bonds. The summed E-state index contributed by atoms with van der Waals surface area (Å²) >= 11 is 0. The first-order valence-electron chi connectivity index (χ1n) is 14.4. The van der Waals surface area contributed by atoms with Gasteiger partial charge >= 0.3 is 0 Å². The van der Waals surface area contributed by atoms with Crippen LogP contribution in [0.5, 0.6) is 0 Å². The van der Waals surface area contributed by atoms with E-state index in [0.717, 1.165) is 48.7 Å². The van der Waals surface area contributed by atoms with Crippen molar-refractivity contribution in [2.45, 2.75) is 46.5 Å². The van der Waals surface area contributed by atoms with Gasteiger partial charge in [-0.2, -0.15) is 5.10 Å². The molecule has 1 fully saturated rings. The molecule has 4 rings (SSSR count). The lowest BCUT2D eigenvalue weighted by molar-refractivity contribution is 0.102. The summed E-state index contributed by atoms with van der Waals surface area (Å²) in [4.78, 5) is 39.1. The van der Waals surface area contributed by atoms with Crippen LogP contribution in [0.25, 0.3) is 11.3 Å². The summed E-state index contributed by atoms with van der Waals surface area (Å²) < 4.78 is 16.1. The van der Waals surface area contributed by atoms with E-state index < -0.39 is 11.7 Å². The molecular formula is C32H41FN8O2. The third kappa shape index (κ3) is 7.53. The Hall–Kier alpha value is -4.38. The predicted octanol–water partition coefficient (Wildman–Crippen LogP) is 4.78. The van der Waals surface area contributed by atoms with Crippen LogP contribution in [0.1, 0.15) is 57.2 Å². The van der Waals surface area contributed by atoms with Gasteiger partial charge in [0.15, 0.2) is 0 Å². The molecule has 228 valence electrons. The van der Waals surface area contributed by atoms with Crippen LogP contribution in [0, 0.1) is 5.82 Å². The largest absolute Gasteiger partial charge is 0.375 e. The van der Waals surface area contributed by atoms with Crippen molar-refractivity contribution in [3.8, 4) is 11.3 Å². The summed E-state index contributed by atoms with van der Waals surface area (Å²) in [6.45, 7) is 12.8. The molecule has 11 heteroatoms. The number of amides is 1. The van der Waals surface area contributed by atoms with Crippen LogP contribution in [-0.2, 0) is 12.5 Å². The van der Waals surface area contributed by atoms with E-state index in [-0.39, 0.29) is 22.4 Å². The van der Waals surface area contributed by atoms with Crippen molar-refractivity contribution >= 4 is 17.3 Å². The van der Waals surface area contributed by atoms with E-state index in [1.165, 1.54) is 23.0 Å². The van der Waals surface area contributed by atoms with Crippen LogP contribution in [0.4, 0.5) is 15.8 Å². The molecule has 3 heterocycles. The van der Waals surface area contributed by atoms with E-state index in [4.69, 9.17) is 0 Å². The van der Waals surface area contributed by atoms with E-state index in [1.807, 2.05) is 27.7 Å². The number of rotatable bonds is 7. The maximum Gasteiger partial charge on any atom is 0.290 e. The van der Waals surface area contributed by atoms with Gasteiger partial charge in [-0.1, -0.05) is 33.3 Å². The van der Waals surface area contributed by atoms with E-state index in [0.29, 0.717) is 16.9 Å². The molecule has 0 radical (unpaired) electrons. The molecule has 43 heavy (non-hydrogen) atoms. The lowest BCUT2D eigenvalue weighted by Gasteiger charge is -2.34.